The van der Waals surface area contributed by atoms with Crippen LogP contribution in [0.5, 0.6) is 0 Å². The Morgan fingerprint density at radius 2 is 2.15 bits per heavy atom. The molecule has 1 amide bonds. The lowest BCUT2D eigenvalue weighted by Gasteiger charge is -2.28. The number of nitrogens with zero attached hydrogens (tertiary/aromatic N) is 3. The van der Waals surface area contributed by atoms with Gasteiger partial charge in [-0.15, -0.1) is 0 Å². The smallest absolute Gasteiger partial charge is 0.221 e. The number of amides is 1. The minimum Gasteiger partial charge on any atom is -0.382 e. The maximum absolute atomic E-state index is 14.2. The third kappa shape index (κ3) is 4.56. The number of nitrogens with one attached hydrogen (secondary N) is 1. The van der Waals surface area contributed by atoms with Crippen LogP contribution in [0.25, 0.3) is 6.08 Å². The summed E-state index contributed by atoms with van der Waals surface area (Å²) in [5.74, 6) is -1.37. The highest BCUT2D eigenvalue weighted by atomic mass is 127. The third-order valence-electron chi connectivity index (χ3n) is 3.48. The van der Waals surface area contributed by atoms with Gasteiger partial charge in [0.1, 0.15) is 17.5 Å². The van der Waals surface area contributed by atoms with E-state index in [1.165, 1.54) is 28.3 Å². The minimum absolute atomic E-state index is 0.00418. The van der Waals surface area contributed by atoms with Crippen LogP contribution in [0.15, 0.2) is 29.6 Å². The number of ketones is 1. The predicted molar refractivity (Wildman–Crippen MR) is 108 cm³/mol. The molecule has 26 heavy (non-hydrogen) atoms. The number of rotatable bonds is 5. The van der Waals surface area contributed by atoms with Gasteiger partial charge in [-0.1, -0.05) is 0 Å². The van der Waals surface area contributed by atoms with E-state index in [0.717, 1.165) is 5.56 Å². The topological polar surface area (TPSA) is 76.4 Å². The van der Waals surface area contributed by atoms with Gasteiger partial charge < -0.3 is 10.2 Å². The van der Waals surface area contributed by atoms with E-state index in [4.69, 9.17) is 0 Å². The Kier molecular flexibility index (Phi) is 6.66. The lowest BCUT2D eigenvalue weighted by atomic mass is 9.98. The Bertz CT molecular complexity index is 861. The zero-order valence-corrected chi connectivity index (χ0v) is 17.3. The van der Waals surface area contributed by atoms with Crippen molar-refractivity contribution in [2.45, 2.75) is 13.5 Å². The number of hydrogen-bond acceptors (Lipinski definition) is 6. The fraction of sp³-hybridized carbons (Fsp3) is 0.235. The zero-order valence-electron chi connectivity index (χ0n) is 14.3. The minimum atomic E-state index is -0.582. The molecule has 1 aliphatic rings. The van der Waals surface area contributed by atoms with Gasteiger partial charge in [-0.2, -0.15) is 5.26 Å². The van der Waals surface area contributed by atoms with Crippen molar-refractivity contribution >= 4 is 53.8 Å². The number of nitriles is 1. The number of benzene rings is 1. The van der Waals surface area contributed by atoms with Crippen molar-refractivity contribution in [3.63, 3.8) is 0 Å². The molecule has 1 aromatic rings. The largest absolute Gasteiger partial charge is 0.382 e. The number of allylic oxidation sites excluding steroid dienone is 1. The number of Topliss-reactive ketones (excluding diaryl/α,β-unsaturated/α-hetero) is 1. The second-order valence-electron chi connectivity index (χ2n) is 5.79. The molecule has 9 heteroatoms. The van der Waals surface area contributed by atoms with Gasteiger partial charge in [0.15, 0.2) is 0 Å². The maximum atomic E-state index is 14.2. The molecule has 0 unspecified atom stereocenters. The standard InChI is InChI=1S/C17H16FIN4O2S/c1-10(24)21-15-5-12-9-23(26-19)16(6-11(12)4-14(15)18)17(25)13(7-20)8-22(2)3/h4-6,8H,9H2,1-3H3,(H,21,24)/b13-8+. The Hall–Kier alpha value is -2.06. The number of halogens is 2. The molecule has 0 radical (unpaired) electrons. The molecule has 1 heterocycles. The molecule has 0 aromatic heterocycles. The van der Waals surface area contributed by atoms with Crippen LogP contribution in [0, 0.1) is 17.1 Å². The van der Waals surface area contributed by atoms with Crippen LogP contribution in [0.4, 0.5) is 10.1 Å². The molecule has 1 aliphatic heterocycles. The molecule has 136 valence electrons. The van der Waals surface area contributed by atoms with Crippen molar-refractivity contribution in [1.29, 1.82) is 5.26 Å². The lowest BCUT2D eigenvalue weighted by Crippen LogP contribution is -2.25. The van der Waals surface area contributed by atoms with Gasteiger partial charge in [0.05, 0.1) is 17.9 Å². The summed E-state index contributed by atoms with van der Waals surface area (Å²) >= 11 is 2.04. The Morgan fingerprint density at radius 3 is 2.69 bits per heavy atom. The molecule has 2 rings (SSSR count). The average molecular weight is 486 g/mol. The van der Waals surface area contributed by atoms with Crippen LogP contribution in [-0.4, -0.2) is 35.0 Å². The Morgan fingerprint density at radius 1 is 1.46 bits per heavy atom. The van der Waals surface area contributed by atoms with Crippen LogP contribution in [0.2, 0.25) is 0 Å². The van der Waals surface area contributed by atoms with Gasteiger partial charge in [0.2, 0.25) is 11.7 Å². The lowest BCUT2D eigenvalue weighted by molar-refractivity contribution is -0.114. The van der Waals surface area contributed by atoms with E-state index in [-0.39, 0.29) is 17.2 Å². The van der Waals surface area contributed by atoms with Gasteiger partial charge in [-0.3, -0.25) is 13.9 Å². The number of anilines is 1. The normalized spacial score (nSPS) is 13.5. The molecule has 6 nitrogen and oxygen atoms in total. The molecule has 0 spiro atoms. The van der Waals surface area contributed by atoms with Crippen LogP contribution >= 0.6 is 30.3 Å². The Balaban J connectivity index is 2.49. The fourth-order valence-electron chi connectivity index (χ4n) is 2.42. The average Bonchev–Trinajstić information content (AvgIpc) is 2.58. The van der Waals surface area contributed by atoms with Gasteiger partial charge in [0.25, 0.3) is 0 Å². The van der Waals surface area contributed by atoms with Crippen molar-refractivity contribution in [2.75, 3.05) is 19.4 Å². The highest BCUT2D eigenvalue weighted by molar-refractivity contribution is 14.2. The van der Waals surface area contributed by atoms with E-state index in [1.54, 1.807) is 35.4 Å². The van der Waals surface area contributed by atoms with Crippen LogP contribution in [0.1, 0.15) is 18.1 Å². The first kappa shape index (κ1) is 20.3. The molecule has 1 N–H and O–H groups in total. The van der Waals surface area contributed by atoms with Crippen molar-refractivity contribution in [3.8, 4) is 6.07 Å². The number of hydrogen-bond donors (Lipinski definition) is 1. The molecular formula is C17H16FIN4O2S. The first-order valence-electron chi connectivity index (χ1n) is 7.47. The quantitative estimate of drug-likeness (QED) is 0.297. The molecule has 0 bridgehead atoms. The first-order chi connectivity index (χ1) is 12.3. The van der Waals surface area contributed by atoms with E-state index in [0.29, 0.717) is 17.8 Å². The second-order valence-corrected chi connectivity index (χ2v) is 7.56. The SMILES string of the molecule is CC(=O)Nc1cc2c(cc1F)C=C(C(=O)/C(C#N)=C/N(C)C)N(SI)C2. The van der Waals surface area contributed by atoms with Crippen LogP contribution in [0.3, 0.4) is 0 Å². The van der Waals surface area contributed by atoms with Gasteiger partial charge in [-0.05, 0) is 29.3 Å². The van der Waals surface area contributed by atoms with Crippen molar-refractivity contribution in [3.05, 3.63) is 46.5 Å². The molecule has 0 saturated carbocycles. The third-order valence-corrected chi connectivity index (χ3v) is 5.40. The van der Waals surface area contributed by atoms with Gasteiger partial charge in [0, 0.05) is 57.5 Å². The van der Waals surface area contributed by atoms with Crippen molar-refractivity contribution in [1.82, 2.24) is 9.21 Å². The number of fused-ring (bicyclic) bond motifs is 1. The summed E-state index contributed by atoms with van der Waals surface area (Å²) in [5.41, 5.74) is 1.71. The highest BCUT2D eigenvalue weighted by Crippen LogP contribution is 2.36. The number of carbonyl (C=O) groups excluding carboxylic acids is 2. The molecule has 0 atom stereocenters. The molecule has 0 aliphatic carbocycles. The maximum Gasteiger partial charge on any atom is 0.221 e. The molecule has 0 fully saturated rings. The second kappa shape index (κ2) is 8.55. The van der Waals surface area contributed by atoms with E-state index < -0.39 is 11.6 Å². The first-order valence-corrected chi connectivity index (χ1v) is 10.8. The van der Waals surface area contributed by atoms with E-state index in [2.05, 4.69) is 5.32 Å². The Labute approximate surface area is 167 Å². The predicted octanol–water partition coefficient (Wildman–Crippen LogP) is 3.48. The van der Waals surface area contributed by atoms with E-state index >= 15 is 0 Å². The summed E-state index contributed by atoms with van der Waals surface area (Å²) in [5, 5.41) is 11.7. The van der Waals surface area contributed by atoms with Gasteiger partial charge in [-0.25, -0.2) is 4.39 Å². The van der Waals surface area contributed by atoms with Crippen LogP contribution in [-0.2, 0) is 16.1 Å². The summed E-state index contributed by atoms with van der Waals surface area (Å²) < 4.78 is 15.9. The fourth-order valence-corrected chi connectivity index (χ4v) is 3.88. The highest BCUT2D eigenvalue weighted by Gasteiger charge is 2.27. The van der Waals surface area contributed by atoms with Crippen molar-refractivity contribution < 1.29 is 14.0 Å². The summed E-state index contributed by atoms with van der Waals surface area (Å²) in [7, 11) is 4.74. The van der Waals surface area contributed by atoms with E-state index in [1.807, 2.05) is 27.3 Å². The summed E-state index contributed by atoms with van der Waals surface area (Å²) in [6.07, 6.45) is 3.02. The molecular weight excluding hydrogens is 470 g/mol. The summed E-state index contributed by atoms with van der Waals surface area (Å²) in [4.78, 5) is 25.6. The molecule has 1 aromatic carbocycles. The number of carbonyl (C=O) groups is 2. The van der Waals surface area contributed by atoms with Crippen LogP contribution < -0.4 is 5.32 Å². The van der Waals surface area contributed by atoms with E-state index in [9.17, 15) is 19.2 Å². The monoisotopic (exact) mass is 486 g/mol. The zero-order chi connectivity index (χ0) is 19.4. The van der Waals surface area contributed by atoms with Crippen molar-refractivity contribution in [2.24, 2.45) is 0 Å². The molecule has 0 saturated heterocycles. The summed E-state index contributed by atoms with van der Waals surface area (Å²) in [6.45, 7) is 1.65. The van der Waals surface area contributed by atoms with Gasteiger partial charge >= 0.3 is 0 Å². The summed E-state index contributed by atoms with van der Waals surface area (Å²) in [6, 6.07) is 4.75.